The number of nitrogens with zero attached hydrogens (tertiary/aromatic N) is 3. The quantitative estimate of drug-likeness (QED) is 0.145. The van der Waals surface area contributed by atoms with E-state index in [1.807, 2.05) is 0 Å². The lowest BCUT2D eigenvalue weighted by Crippen LogP contribution is -2.10. The Morgan fingerprint density at radius 3 is 1.23 bits per heavy atom. The minimum atomic E-state index is 1.11. The van der Waals surface area contributed by atoms with Gasteiger partial charge in [-0.05, 0) is 151 Å². The highest BCUT2D eigenvalue weighted by molar-refractivity contribution is 6.26. The number of aromatic nitrogens is 2. The van der Waals surface area contributed by atoms with Crippen molar-refractivity contribution >= 4 is 104 Å². The van der Waals surface area contributed by atoms with Gasteiger partial charge in [-0.25, -0.2) is 0 Å². The summed E-state index contributed by atoms with van der Waals surface area (Å²) in [7, 11) is 0. The van der Waals surface area contributed by atoms with Gasteiger partial charge in [0.15, 0.2) is 0 Å². The molecule has 2 aromatic heterocycles. The molecule has 0 aliphatic rings. The van der Waals surface area contributed by atoms with Crippen LogP contribution in [-0.2, 0) is 0 Å². The highest BCUT2D eigenvalue weighted by atomic mass is 15.1. The largest absolute Gasteiger partial charge is 0.310 e. The third-order valence-electron chi connectivity index (χ3n) is 15.3. The Balaban J connectivity index is 0.888. The number of hydrogen-bond donors (Lipinski definition) is 0. The fourth-order valence-electron chi connectivity index (χ4n) is 11.9. The lowest BCUT2D eigenvalue weighted by atomic mass is 9.94. The van der Waals surface area contributed by atoms with Gasteiger partial charge < -0.3 is 14.0 Å². The molecule has 0 amide bonds. The minimum absolute atomic E-state index is 1.11. The SMILES string of the molecule is c1ccc(N(c2ccc(-c3ccc4c(c3)c3cc(-c5ccc(-n6c7ccccc7c7ccccc76)cc5)ccc3n4-c3ccc4c5ccccc5c5ccccc5c4c3)cc2)c2cccc3ccccc23)cc1. The molecular formula is C70H45N3. The number of para-hydroxylation sites is 3. The summed E-state index contributed by atoms with van der Waals surface area (Å²) in [5.74, 6) is 0. The van der Waals surface area contributed by atoms with Crippen LogP contribution in [0, 0.1) is 0 Å². The normalized spacial score (nSPS) is 11.8. The molecule has 15 aromatic rings. The van der Waals surface area contributed by atoms with E-state index in [1.165, 1.54) is 109 Å². The van der Waals surface area contributed by atoms with E-state index in [2.05, 4.69) is 287 Å². The first-order chi connectivity index (χ1) is 36.2. The van der Waals surface area contributed by atoms with Crippen LogP contribution in [0.4, 0.5) is 17.1 Å². The van der Waals surface area contributed by atoms with Crippen LogP contribution in [0.1, 0.15) is 0 Å². The molecule has 2 heterocycles. The van der Waals surface area contributed by atoms with E-state index in [1.54, 1.807) is 0 Å². The maximum atomic E-state index is 2.47. The van der Waals surface area contributed by atoms with Gasteiger partial charge in [-0.3, -0.25) is 0 Å². The summed E-state index contributed by atoms with van der Waals surface area (Å²) in [6, 6.07) is 100. The molecule has 0 saturated carbocycles. The topological polar surface area (TPSA) is 13.1 Å². The van der Waals surface area contributed by atoms with Crippen LogP contribution >= 0.6 is 0 Å². The van der Waals surface area contributed by atoms with Gasteiger partial charge in [0, 0.05) is 49.7 Å². The van der Waals surface area contributed by atoms with Crippen molar-refractivity contribution in [3.63, 3.8) is 0 Å². The van der Waals surface area contributed by atoms with Gasteiger partial charge in [-0.1, -0.05) is 182 Å². The molecule has 340 valence electrons. The van der Waals surface area contributed by atoms with Crippen molar-refractivity contribution in [3.8, 4) is 33.6 Å². The fourth-order valence-corrected chi connectivity index (χ4v) is 11.9. The number of hydrogen-bond acceptors (Lipinski definition) is 1. The van der Waals surface area contributed by atoms with E-state index >= 15 is 0 Å². The van der Waals surface area contributed by atoms with Crippen LogP contribution in [0.3, 0.4) is 0 Å². The molecule has 0 unspecified atom stereocenters. The third-order valence-corrected chi connectivity index (χ3v) is 15.3. The molecule has 3 heteroatoms. The van der Waals surface area contributed by atoms with Crippen molar-refractivity contribution < 1.29 is 0 Å². The van der Waals surface area contributed by atoms with Crippen LogP contribution in [0.25, 0.3) is 120 Å². The smallest absolute Gasteiger partial charge is 0.0541 e. The Kier molecular flexibility index (Phi) is 9.26. The summed E-state index contributed by atoms with van der Waals surface area (Å²) in [4.78, 5) is 2.37. The predicted molar refractivity (Wildman–Crippen MR) is 311 cm³/mol. The predicted octanol–water partition coefficient (Wildman–Crippen LogP) is 19.3. The number of benzene rings is 13. The Hall–Kier alpha value is -9.70. The van der Waals surface area contributed by atoms with Crippen LogP contribution in [0.15, 0.2) is 273 Å². The van der Waals surface area contributed by atoms with Crippen molar-refractivity contribution in [2.45, 2.75) is 0 Å². The first-order valence-corrected chi connectivity index (χ1v) is 25.2. The van der Waals surface area contributed by atoms with E-state index in [0.29, 0.717) is 0 Å². The van der Waals surface area contributed by atoms with Crippen molar-refractivity contribution in [3.05, 3.63) is 273 Å². The second-order valence-electron chi connectivity index (χ2n) is 19.3. The molecule has 3 nitrogen and oxygen atoms in total. The molecule has 73 heavy (non-hydrogen) atoms. The van der Waals surface area contributed by atoms with Crippen molar-refractivity contribution in [2.24, 2.45) is 0 Å². The first-order valence-electron chi connectivity index (χ1n) is 25.2. The Morgan fingerprint density at radius 1 is 0.219 bits per heavy atom. The zero-order chi connectivity index (χ0) is 48.0. The third kappa shape index (κ3) is 6.53. The fraction of sp³-hybridized carbons (Fsp3) is 0. The van der Waals surface area contributed by atoms with Gasteiger partial charge in [0.2, 0.25) is 0 Å². The summed E-state index contributed by atoms with van der Waals surface area (Å²) in [6.45, 7) is 0. The lowest BCUT2D eigenvalue weighted by Gasteiger charge is -2.27. The molecule has 0 N–H and O–H groups in total. The lowest BCUT2D eigenvalue weighted by molar-refractivity contribution is 1.18. The molecule has 0 saturated heterocycles. The van der Waals surface area contributed by atoms with Crippen LogP contribution in [0.5, 0.6) is 0 Å². The minimum Gasteiger partial charge on any atom is -0.310 e. The highest BCUT2D eigenvalue weighted by Gasteiger charge is 2.19. The van der Waals surface area contributed by atoms with Crippen LogP contribution in [-0.4, -0.2) is 9.13 Å². The maximum absolute atomic E-state index is 2.47. The summed E-state index contributed by atoms with van der Waals surface area (Å²) in [5, 5.41) is 15.0. The molecule has 0 radical (unpaired) electrons. The van der Waals surface area contributed by atoms with Gasteiger partial charge in [-0.2, -0.15) is 0 Å². The number of anilines is 3. The van der Waals surface area contributed by atoms with Crippen LogP contribution < -0.4 is 4.90 Å². The first kappa shape index (κ1) is 41.1. The molecular weight excluding hydrogens is 883 g/mol. The van der Waals surface area contributed by atoms with Gasteiger partial charge in [0.25, 0.3) is 0 Å². The molecule has 0 bridgehead atoms. The number of fused-ring (bicyclic) bond motifs is 13. The van der Waals surface area contributed by atoms with E-state index in [4.69, 9.17) is 0 Å². The maximum Gasteiger partial charge on any atom is 0.0541 e. The average Bonchev–Trinajstić information content (AvgIpc) is 3.98. The van der Waals surface area contributed by atoms with Crippen molar-refractivity contribution in [1.82, 2.24) is 9.13 Å². The standard InChI is InChI=1S/C70H45N3/c1-2-17-51(18-3-1)71(66-28-14-16-48-15-4-5-19-55(48)66)52-35-29-46(30-36-52)49-33-41-69-64(43-49)65-44-50(47-31-37-53(38-32-47)72-67-26-12-10-24-61(67)62-25-11-13-27-68(62)72)34-42-70(65)73(69)54-39-40-60-58-22-7-6-20-56(58)57-21-8-9-23-59(57)63(60)45-54/h1-45H. The Morgan fingerprint density at radius 2 is 0.630 bits per heavy atom. The van der Waals surface area contributed by atoms with Crippen LogP contribution in [0.2, 0.25) is 0 Å². The van der Waals surface area contributed by atoms with Gasteiger partial charge in [-0.15, -0.1) is 0 Å². The van der Waals surface area contributed by atoms with E-state index in [0.717, 1.165) is 28.4 Å². The van der Waals surface area contributed by atoms with Gasteiger partial charge >= 0.3 is 0 Å². The Labute approximate surface area is 422 Å². The highest BCUT2D eigenvalue weighted by Crippen LogP contribution is 2.43. The summed E-state index contributed by atoms with van der Waals surface area (Å²) >= 11 is 0. The second kappa shape index (κ2) is 16.4. The molecule has 0 atom stereocenters. The molecule has 0 aliphatic carbocycles. The van der Waals surface area contributed by atoms with E-state index in [9.17, 15) is 0 Å². The van der Waals surface area contributed by atoms with E-state index < -0.39 is 0 Å². The number of rotatable bonds is 7. The zero-order valence-electron chi connectivity index (χ0n) is 39.8. The van der Waals surface area contributed by atoms with Crippen molar-refractivity contribution in [1.29, 1.82) is 0 Å². The molecule has 13 aromatic carbocycles. The van der Waals surface area contributed by atoms with Gasteiger partial charge in [0.05, 0.1) is 27.8 Å². The summed E-state index contributed by atoms with van der Waals surface area (Å²) in [5.41, 5.74) is 15.1. The monoisotopic (exact) mass is 927 g/mol. The molecule has 0 aliphatic heterocycles. The molecule has 0 spiro atoms. The van der Waals surface area contributed by atoms with E-state index in [-0.39, 0.29) is 0 Å². The Bertz CT molecular complexity index is 4560. The second-order valence-corrected chi connectivity index (χ2v) is 19.3. The molecule has 0 fully saturated rings. The summed E-state index contributed by atoms with van der Waals surface area (Å²) in [6.07, 6.45) is 0. The van der Waals surface area contributed by atoms with Crippen molar-refractivity contribution in [2.75, 3.05) is 4.90 Å². The molecule has 15 rings (SSSR count). The average molecular weight is 928 g/mol. The summed E-state index contributed by atoms with van der Waals surface area (Å²) < 4.78 is 4.86. The zero-order valence-corrected chi connectivity index (χ0v) is 39.8. The van der Waals surface area contributed by atoms with Gasteiger partial charge in [0.1, 0.15) is 0 Å².